The van der Waals surface area contributed by atoms with Crippen molar-refractivity contribution >= 4 is 5.91 Å². The molecular weight excluding hydrogens is 356 g/mol. The molecule has 1 N–H and O–H groups in total. The van der Waals surface area contributed by atoms with Gasteiger partial charge in [0.1, 0.15) is 0 Å². The second kappa shape index (κ2) is 8.12. The number of amides is 1. The van der Waals surface area contributed by atoms with Crippen molar-refractivity contribution in [3.8, 4) is 17.3 Å². The molecule has 0 aliphatic heterocycles. The van der Waals surface area contributed by atoms with Gasteiger partial charge in [-0.15, -0.1) is 0 Å². The second-order valence-electron chi connectivity index (χ2n) is 6.85. The molecule has 0 radical (unpaired) electrons. The van der Waals surface area contributed by atoms with Crippen molar-refractivity contribution in [2.24, 2.45) is 0 Å². The molecule has 0 saturated heterocycles. The lowest BCUT2D eigenvalue weighted by molar-refractivity contribution is -0.125. The van der Waals surface area contributed by atoms with Crippen molar-refractivity contribution in [1.29, 1.82) is 0 Å². The molecule has 2 aromatic heterocycles. The summed E-state index contributed by atoms with van der Waals surface area (Å²) in [6, 6.07) is 11.1. The number of hydrogen-bond acceptors (Lipinski definition) is 5. The minimum atomic E-state index is -0.739. The van der Waals surface area contributed by atoms with Gasteiger partial charge >= 0.3 is 0 Å². The first-order chi connectivity index (χ1) is 13.5. The summed E-state index contributed by atoms with van der Waals surface area (Å²) >= 11 is 0. The first-order valence-electron chi connectivity index (χ1n) is 8.91. The van der Waals surface area contributed by atoms with E-state index in [1.165, 1.54) is 0 Å². The number of aromatic nitrogens is 3. The summed E-state index contributed by atoms with van der Waals surface area (Å²) in [4.78, 5) is 17.2. The number of carbonyl (C=O) groups is 1. The van der Waals surface area contributed by atoms with Crippen molar-refractivity contribution in [3.63, 3.8) is 0 Å². The Kier molecular flexibility index (Phi) is 5.63. The van der Waals surface area contributed by atoms with Gasteiger partial charge in [-0.1, -0.05) is 6.07 Å². The van der Waals surface area contributed by atoms with E-state index in [4.69, 9.17) is 9.47 Å². The van der Waals surface area contributed by atoms with E-state index in [9.17, 15) is 4.79 Å². The molecule has 7 heteroatoms. The van der Waals surface area contributed by atoms with Crippen molar-refractivity contribution in [2.45, 2.75) is 25.8 Å². The number of nitrogens with zero attached hydrogens (tertiary/aromatic N) is 3. The predicted octanol–water partition coefficient (Wildman–Crippen LogP) is 2.88. The normalized spacial score (nSPS) is 11.1. The van der Waals surface area contributed by atoms with E-state index in [1.54, 1.807) is 31.3 Å². The molecule has 3 rings (SSSR count). The third kappa shape index (κ3) is 3.98. The molecule has 0 bridgehead atoms. The van der Waals surface area contributed by atoms with E-state index in [0.717, 1.165) is 11.1 Å². The number of nitrogens with one attached hydrogen (secondary N) is 1. The third-order valence-corrected chi connectivity index (χ3v) is 4.67. The van der Waals surface area contributed by atoms with Gasteiger partial charge in [0.05, 0.1) is 19.6 Å². The molecule has 1 aromatic carbocycles. The van der Waals surface area contributed by atoms with Crippen LogP contribution in [0.3, 0.4) is 0 Å². The fourth-order valence-electron chi connectivity index (χ4n) is 2.86. The average Bonchev–Trinajstić information content (AvgIpc) is 3.26. The maximum atomic E-state index is 12.9. The highest BCUT2D eigenvalue weighted by Crippen LogP contribution is 2.33. The Hall–Kier alpha value is -3.35. The van der Waals surface area contributed by atoms with Gasteiger partial charge in [-0.2, -0.15) is 5.10 Å². The average molecular weight is 380 g/mol. The maximum Gasteiger partial charge on any atom is 0.230 e. The Balaban J connectivity index is 1.73. The molecule has 0 spiro atoms. The highest BCUT2D eigenvalue weighted by atomic mass is 16.5. The second-order valence-corrected chi connectivity index (χ2v) is 6.85. The largest absolute Gasteiger partial charge is 0.493 e. The molecule has 0 aliphatic rings. The Morgan fingerprint density at radius 1 is 1.11 bits per heavy atom. The Bertz CT molecular complexity index is 952. The summed E-state index contributed by atoms with van der Waals surface area (Å²) in [5.41, 5.74) is 1.05. The van der Waals surface area contributed by atoms with Crippen molar-refractivity contribution in [2.75, 3.05) is 14.2 Å². The van der Waals surface area contributed by atoms with Crippen molar-refractivity contribution in [3.05, 3.63) is 66.1 Å². The topological polar surface area (TPSA) is 78.3 Å². The molecular formula is C21H24N4O3. The molecule has 0 fully saturated rings. The number of rotatable bonds is 7. The first-order valence-corrected chi connectivity index (χ1v) is 8.91. The third-order valence-electron chi connectivity index (χ3n) is 4.67. The van der Waals surface area contributed by atoms with E-state index < -0.39 is 5.41 Å². The zero-order chi connectivity index (χ0) is 20.1. The summed E-state index contributed by atoms with van der Waals surface area (Å²) in [5.74, 6) is 1.84. The minimum absolute atomic E-state index is 0.0860. The fourth-order valence-corrected chi connectivity index (χ4v) is 2.86. The van der Waals surface area contributed by atoms with E-state index in [1.807, 2.05) is 56.4 Å². The lowest BCUT2D eigenvalue weighted by Crippen LogP contribution is -2.39. The van der Waals surface area contributed by atoms with E-state index in [0.29, 0.717) is 23.9 Å². The van der Waals surface area contributed by atoms with Crippen molar-refractivity contribution in [1.82, 2.24) is 20.1 Å². The summed E-state index contributed by atoms with van der Waals surface area (Å²) < 4.78 is 12.3. The smallest absolute Gasteiger partial charge is 0.230 e. The minimum Gasteiger partial charge on any atom is -0.493 e. The number of ether oxygens (including phenoxy) is 2. The summed E-state index contributed by atoms with van der Waals surface area (Å²) in [7, 11) is 3.16. The van der Waals surface area contributed by atoms with Crippen LogP contribution in [0.4, 0.5) is 0 Å². The van der Waals surface area contributed by atoms with Crippen LogP contribution in [0.1, 0.15) is 25.0 Å². The molecule has 1 amide bonds. The summed E-state index contributed by atoms with van der Waals surface area (Å²) in [6.07, 6.45) is 5.23. The Morgan fingerprint density at radius 3 is 2.57 bits per heavy atom. The first kappa shape index (κ1) is 19.4. The fraction of sp³-hybridized carbons (Fsp3) is 0.286. The number of pyridine rings is 1. The molecule has 7 nitrogen and oxygen atoms in total. The van der Waals surface area contributed by atoms with Crippen LogP contribution in [0.5, 0.6) is 11.5 Å². The van der Waals surface area contributed by atoms with Crippen LogP contribution in [-0.4, -0.2) is 34.9 Å². The van der Waals surface area contributed by atoms with Gasteiger partial charge in [-0.05, 0) is 55.3 Å². The van der Waals surface area contributed by atoms with Gasteiger partial charge < -0.3 is 14.8 Å². The van der Waals surface area contributed by atoms with E-state index >= 15 is 0 Å². The quantitative estimate of drug-likeness (QED) is 0.682. The number of benzene rings is 1. The van der Waals surface area contributed by atoms with Crippen LogP contribution in [0.2, 0.25) is 0 Å². The van der Waals surface area contributed by atoms with Gasteiger partial charge in [-0.25, -0.2) is 9.67 Å². The standard InChI is InChI=1S/C21H24N4O3/c1-21(2,16-6-7-17(27-3)18(13-16)28-4)20(26)23-14-15-8-10-22-19(12-15)25-11-5-9-24-25/h5-13H,14H2,1-4H3,(H,23,26). The molecule has 0 atom stereocenters. The molecule has 28 heavy (non-hydrogen) atoms. The molecule has 3 aromatic rings. The van der Waals surface area contributed by atoms with Crippen LogP contribution < -0.4 is 14.8 Å². The van der Waals surface area contributed by atoms with Gasteiger partial charge in [0.25, 0.3) is 0 Å². The van der Waals surface area contributed by atoms with Crippen LogP contribution in [-0.2, 0) is 16.8 Å². The van der Waals surface area contributed by atoms with Crippen LogP contribution in [0.15, 0.2) is 55.0 Å². The zero-order valence-electron chi connectivity index (χ0n) is 16.5. The maximum absolute atomic E-state index is 12.9. The monoisotopic (exact) mass is 380 g/mol. The van der Waals surface area contributed by atoms with Gasteiger partial charge in [0.15, 0.2) is 17.3 Å². The summed E-state index contributed by atoms with van der Waals surface area (Å²) in [5, 5.41) is 7.18. The molecule has 0 saturated carbocycles. The highest BCUT2D eigenvalue weighted by molar-refractivity contribution is 5.87. The molecule has 0 aliphatic carbocycles. The number of carbonyl (C=O) groups excluding carboxylic acids is 1. The van der Waals surface area contributed by atoms with Crippen LogP contribution in [0, 0.1) is 0 Å². The summed E-state index contributed by atoms with van der Waals surface area (Å²) in [6.45, 7) is 4.16. The van der Waals surface area contributed by atoms with Crippen LogP contribution in [0.25, 0.3) is 5.82 Å². The Morgan fingerprint density at radius 2 is 1.89 bits per heavy atom. The van der Waals surface area contributed by atoms with Gasteiger partial charge in [0, 0.05) is 25.1 Å². The SMILES string of the molecule is COc1ccc(C(C)(C)C(=O)NCc2ccnc(-n3cccn3)c2)cc1OC. The molecule has 146 valence electrons. The Labute approximate surface area is 164 Å². The predicted molar refractivity (Wildman–Crippen MR) is 106 cm³/mol. The number of methoxy groups -OCH3 is 2. The lowest BCUT2D eigenvalue weighted by atomic mass is 9.83. The van der Waals surface area contributed by atoms with Gasteiger partial charge in [-0.3, -0.25) is 4.79 Å². The van der Waals surface area contributed by atoms with E-state index in [-0.39, 0.29) is 5.91 Å². The molecule has 0 unspecified atom stereocenters. The van der Waals surface area contributed by atoms with Gasteiger partial charge in [0.2, 0.25) is 5.91 Å². The highest BCUT2D eigenvalue weighted by Gasteiger charge is 2.30. The van der Waals surface area contributed by atoms with Crippen molar-refractivity contribution < 1.29 is 14.3 Å². The molecule has 2 heterocycles. The van der Waals surface area contributed by atoms with E-state index in [2.05, 4.69) is 15.4 Å². The number of hydrogen-bond donors (Lipinski definition) is 1. The van der Waals surface area contributed by atoms with Crippen LogP contribution >= 0.6 is 0 Å². The lowest BCUT2D eigenvalue weighted by Gasteiger charge is -2.25. The zero-order valence-corrected chi connectivity index (χ0v) is 16.5.